The van der Waals surface area contributed by atoms with Crippen LogP contribution in [0.1, 0.15) is 17.4 Å². The second kappa shape index (κ2) is 6.02. The molecule has 6 heteroatoms. The number of nitrogens with zero attached hydrogens (tertiary/aromatic N) is 3. The van der Waals surface area contributed by atoms with E-state index < -0.39 is 0 Å². The van der Waals surface area contributed by atoms with Crippen LogP contribution in [-0.4, -0.2) is 52.6 Å². The first-order chi connectivity index (χ1) is 7.72. The highest BCUT2D eigenvalue weighted by molar-refractivity contribution is 5.92. The minimum Gasteiger partial charge on any atom is -0.395 e. The smallest absolute Gasteiger partial charge is 0.274 e. The molecule has 0 unspecified atom stereocenters. The van der Waals surface area contributed by atoms with Gasteiger partial charge in [-0.05, 0) is 6.92 Å². The lowest BCUT2D eigenvalue weighted by Crippen LogP contribution is -2.33. The van der Waals surface area contributed by atoms with Crippen molar-refractivity contribution in [2.24, 2.45) is 0 Å². The third kappa shape index (κ3) is 2.90. The lowest BCUT2D eigenvalue weighted by atomic mass is 10.3. The maximum atomic E-state index is 11.9. The van der Waals surface area contributed by atoms with Crippen LogP contribution in [0.3, 0.4) is 0 Å². The van der Waals surface area contributed by atoms with Gasteiger partial charge in [0.1, 0.15) is 11.5 Å². The van der Waals surface area contributed by atoms with Crippen LogP contribution in [0.4, 0.5) is 5.82 Å². The number of aromatic nitrogens is 2. The molecule has 88 valence electrons. The normalized spacial score (nSPS) is 9.94. The van der Waals surface area contributed by atoms with Crippen molar-refractivity contribution < 1.29 is 9.90 Å². The summed E-state index contributed by atoms with van der Waals surface area (Å²) in [5.41, 5.74) is 0.286. The van der Waals surface area contributed by atoms with Crippen LogP contribution in [0.15, 0.2) is 12.4 Å². The van der Waals surface area contributed by atoms with Crippen molar-refractivity contribution in [2.75, 3.05) is 32.1 Å². The predicted octanol–water partition coefficient (Wildman–Crippen LogP) is -0.0273. The van der Waals surface area contributed by atoms with E-state index in [1.165, 1.54) is 17.3 Å². The summed E-state index contributed by atoms with van der Waals surface area (Å²) in [5.74, 6) is 0.397. The molecule has 0 saturated carbocycles. The molecule has 0 fully saturated rings. The first-order valence-electron chi connectivity index (χ1n) is 5.12. The summed E-state index contributed by atoms with van der Waals surface area (Å²) in [4.78, 5) is 21.4. The Balaban J connectivity index is 2.78. The third-order valence-electron chi connectivity index (χ3n) is 2.17. The average molecular weight is 224 g/mol. The van der Waals surface area contributed by atoms with Crippen molar-refractivity contribution in [3.8, 4) is 0 Å². The minimum atomic E-state index is -0.216. The Morgan fingerprint density at radius 3 is 2.69 bits per heavy atom. The zero-order chi connectivity index (χ0) is 12.0. The van der Waals surface area contributed by atoms with Crippen LogP contribution < -0.4 is 5.32 Å². The molecule has 0 bridgehead atoms. The molecule has 0 radical (unpaired) electrons. The monoisotopic (exact) mass is 224 g/mol. The molecular weight excluding hydrogens is 208 g/mol. The summed E-state index contributed by atoms with van der Waals surface area (Å²) in [6.45, 7) is 2.64. The van der Waals surface area contributed by atoms with E-state index in [0.29, 0.717) is 18.9 Å². The SMILES string of the molecule is CCN(CCO)C(=O)c1cnc(NC)cn1. The Morgan fingerprint density at radius 1 is 1.50 bits per heavy atom. The van der Waals surface area contributed by atoms with Crippen molar-refractivity contribution in [1.82, 2.24) is 14.9 Å². The van der Waals surface area contributed by atoms with Gasteiger partial charge in [-0.25, -0.2) is 9.97 Å². The number of hydrogen-bond acceptors (Lipinski definition) is 5. The number of anilines is 1. The molecule has 1 rings (SSSR count). The Bertz CT molecular complexity index is 339. The number of aliphatic hydroxyl groups is 1. The molecule has 2 N–H and O–H groups in total. The molecule has 0 atom stereocenters. The molecule has 1 heterocycles. The Hall–Kier alpha value is -1.69. The first kappa shape index (κ1) is 12.4. The first-order valence-corrected chi connectivity index (χ1v) is 5.12. The van der Waals surface area contributed by atoms with Gasteiger partial charge in [0.2, 0.25) is 0 Å². The summed E-state index contributed by atoms with van der Waals surface area (Å²) in [6, 6.07) is 0. The topological polar surface area (TPSA) is 78.3 Å². The van der Waals surface area contributed by atoms with Crippen molar-refractivity contribution in [3.05, 3.63) is 18.1 Å². The van der Waals surface area contributed by atoms with Gasteiger partial charge in [0, 0.05) is 20.1 Å². The third-order valence-corrected chi connectivity index (χ3v) is 2.17. The van der Waals surface area contributed by atoms with Crippen molar-refractivity contribution in [2.45, 2.75) is 6.92 Å². The molecular formula is C10H16N4O2. The summed E-state index contributed by atoms with van der Waals surface area (Å²) in [7, 11) is 1.73. The van der Waals surface area contributed by atoms with Gasteiger partial charge in [0.15, 0.2) is 0 Å². The second-order valence-electron chi connectivity index (χ2n) is 3.15. The van der Waals surface area contributed by atoms with E-state index in [4.69, 9.17) is 5.11 Å². The quantitative estimate of drug-likeness (QED) is 0.734. The van der Waals surface area contributed by atoms with E-state index in [0.717, 1.165) is 0 Å². The molecule has 0 aliphatic heterocycles. The van der Waals surface area contributed by atoms with E-state index in [1.807, 2.05) is 6.92 Å². The highest BCUT2D eigenvalue weighted by atomic mass is 16.3. The fourth-order valence-electron chi connectivity index (χ4n) is 1.25. The fourth-order valence-corrected chi connectivity index (χ4v) is 1.25. The molecule has 1 amide bonds. The molecule has 6 nitrogen and oxygen atoms in total. The number of carbonyl (C=O) groups excluding carboxylic acids is 1. The number of carbonyl (C=O) groups is 1. The van der Waals surface area contributed by atoms with Crippen LogP contribution in [0.25, 0.3) is 0 Å². The number of rotatable bonds is 5. The predicted molar refractivity (Wildman–Crippen MR) is 60.2 cm³/mol. The maximum Gasteiger partial charge on any atom is 0.274 e. The molecule has 0 aliphatic carbocycles. The van der Waals surface area contributed by atoms with Gasteiger partial charge < -0.3 is 15.3 Å². The highest BCUT2D eigenvalue weighted by Crippen LogP contribution is 2.03. The molecule has 1 aromatic rings. The van der Waals surface area contributed by atoms with Crippen molar-refractivity contribution in [1.29, 1.82) is 0 Å². The lowest BCUT2D eigenvalue weighted by molar-refractivity contribution is 0.0725. The molecule has 16 heavy (non-hydrogen) atoms. The number of aliphatic hydroxyl groups excluding tert-OH is 1. The van der Waals surface area contributed by atoms with Crippen molar-refractivity contribution >= 4 is 11.7 Å². The van der Waals surface area contributed by atoms with Gasteiger partial charge in [0.05, 0.1) is 19.0 Å². The van der Waals surface area contributed by atoms with Crippen LogP contribution >= 0.6 is 0 Å². The average Bonchev–Trinajstić information content (AvgIpc) is 2.35. The highest BCUT2D eigenvalue weighted by Gasteiger charge is 2.14. The summed E-state index contributed by atoms with van der Waals surface area (Å²) >= 11 is 0. The number of hydrogen-bond donors (Lipinski definition) is 2. The molecule has 0 aliphatic rings. The maximum absolute atomic E-state index is 11.9. The van der Waals surface area contributed by atoms with Crippen LogP contribution in [-0.2, 0) is 0 Å². The van der Waals surface area contributed by atoms with E-state index >= 15 is 0 Å². The lowest BCUT2D eigenvalue weighted by Gasteiger charge is -2.18. The van der Waals surface area contributed by atoms with E-state index in [2.05, 4.69) is 15.3 Å². The molecule has 0 aromatic carbocycles. The van der Waals surface area contributed by atoms with Gasteiger partial charge in [-0.1, -0.05) is 0 Å². The van der Waals surface area contributed by atoms with Gasteiger partial charge >= 0.3 is 0 Å². The Morgan fingerprint density at radius 2 is 2.25 bits per heavy atom. The molecule has 0 saturated heterocycles. The Kier molecular flexibility index (Phi) is 4.65. The standard InChI is InChI=1S/C10H16N4O2/c1-3-14(4-5-15)10(16)8-6-13-9(11-2)7-12-8/h6-7,15H,3-5H2,1-2H3,(H,11,13). The van der Waals surface area contributed by atoms with Crippen LogP contribution in [0, 0.1) is 0 Å². The summed E-state index contributed by atoms with van der Waals surface area (Å²) in [6.07, 6.45) is 2.92. The fraction of sp³-hybridized carbons (Fsp3) is 0.500. The van der Waals surface area contributed by atoms with Gasteiger partial charge in [-0.2, -0.15) is 0 Å². The van der Waals surface area contributed by atoms with Crippen LogP contribution in [0.2, 0.25) is 0 Å². The molecule has 1 aromatic heterocycles. The second-order valence-corrected chi connectivity index (χ2v) is 3.15. The van der Waals surface area contributed by atoms with Gasteiger partial charge in [-0.15, -0.1) is 0 Å². The number of nitrogens with one attached hydrogen (secondary N) is 1. The van der Waals surface area contributed by atoms with E-state index in [1.54, 1.807) is 7.05 Å². The van der Waals surface area contributed by atoms with E-state index in [-0.39, 0.29) is 18.2 Å². The van der Waals surface area contributed by atoms with Gasteiger partial charge in [0.25, 0.3) is 5.91 Å². The summed E-state index contributed by atoms with van der Waals surface area (Å²) < 4.78 is 0. The number of likely N-dealkylation sites (N-methyl/N-ethyl adjacent to an activating group) is 1. The van der Waals surface area contributed by atoms with Crippen molar-refractivity contribution in [3.63, 3.8) is 0 Å². The van der Waals surface area contributed by atoms with Gasteiger partial charge in [-0.3, -0.25) is 4.79 Å². The summed E-state index contributed by atoms with van der Waals surface area (Å²) in [5, 5.41) is 11.6. The Labute approximate surface area is 94.3 Å². The zero-order valence-corrected chi connectivity index (χ0v) is 9.47. The van der Waals surface area contributed by atoms with E-state index in [9.17, 15) is 4.79 Å². The zero-order valence-electron chi connectivity index (χ0n) is 9.47. The van der Waals surface area contributed by atoms with Crippen LogP contribution in [0.5, 0.6) is 0 Å². The minimum absolute atomic E-state index is 0.0540. The number of amides is 1. The molecule has 0 spiro atoms. The largest absolute Gasteiger partial charge is 0.395 e.